The van der Waals surface area contributed by atoms with Crippen LogP contribution in [-0.2, 0) is 20.9 Å². The molecule has 1 aromatic carbocycles. The highest BCUT2D eigenvalue weighted by molar-refractivity contribution is 6.05. The maximum absolute atomic E-state index is 12.9. The largest absolute Gasteiger partial charge is 0.490 e. The van der Waals surface area contributed by atoms with Gasteiger partial charge in [-0.1, -0.05) is 6.07 Å². The summed E-state index contributed by atoms with van der Waals surface area (Å²) in [5.41, 5.74) is 0.990. The number of piperidine rings is 1. The number of benzene rings is 1. The number of alkyl carbamates (subject to hydrolysis) is 1. The van der Waals surface area contributed by atoms with Gasteiger partial charge in [0.15, 0.2) is 0 Å². The van der Waals surface area contributed by atoms with Crippen LogP contribution in [0.25, 0.3) is 0 Å². The maximum Gasteiger partial charge on any atom is 0.407 e. The molecule has 0 aromatic heterocycles. The molecule has 166 valence electrons. The molecule has 4 amide bonds. The van der Waals surface area contributed by atoms with E-state index in [0.29, 0.717) is 37.1 Å². The molecule has 2 heterocycles. The van der Waals surface area contributed by atoms with Gasteiger partial charge in [0.1, 0.15) is 24.0 Å². The Hall–Kier alpha value is -3.10. The lowest BCUT2D eigenvalue weighted by Gasteiger charge is -2.35. The standard InChI is InChI=1S/C22H27N3O6/c1-22(2,3)24-21(29)31-15-8-14(9-15)30-13-5-4-12-11-25(20(28)16(12)10-13)17-6-7-18(26)23-19(17)27/h4-5,10,14-15,17H,6-9,11H2,1-3H3,(H,24,29)(H,23,26,27). The number of imide groups is 1. The van der Waals surface area contributed by atoms with E-state index in [0.717, 1.165) is 5.56 Å². The molecule has 1 saturated heterocycles. The van der Waals surface area contributed by atoms with Crippen LogP contribution in [0.1, 0.15) is 62.4 Å². The van der Waals surface area contributed by atoms with Crippen molar-refractivity contribution in [3.8, 4) is 5.75 Å². The molecule has 0 radical (unpaired) electrons. The Morgan fingerprint density at radius 2 is 1.90 bits per heavy atom. The molecule has 2 fully saturated rings. The number of hydrogen-bond donors (Lipinski definition) is 2. The molecule has 4 rings (SSSR count). The summed E-state index contributed by atoms with van der Waals surface area (Å²) in [7, 11) is 0. The number of carbonyl (C=O) groups excluding carboxylic acids is 4. The van der Waals surface area contributed by atoms with Crippen molar-refractivity contribution in [2.24, 2.45) is 0 Å². The van der Waals surface area contributed by atoms with Crippen LogP contribution in [0.2, 0.25) is 0 Å². The van der Waals surface area contributed by atoms with Crippen molar-refractivity contribution in [1.82, 2.24) is 15.5 Å². The minimum absolute atomic E-state index is 0.0896. The number of carbonyl (C=O) groups is 4. The zero-order chi connectivity index (χ0) is 22.3. The minimum atomic E-state index is -0.634. The van der Waals surface area contributed by atoms with E-state index in [4.69, 9.17) is 9.47 Å². The molecule has 31 heavy (non-hydrogen) atoms. The van der Waals surface area contributed by atoms with E-state index in [-0.39, 0.29) is 36.0 Å². The Morgan fingerprint density at radius 3 is 2.58 bits per heavy atom. The van der Waals surface area contributed by atoms with Gasteiger partial charge in [0.05, 0.1) is 0 Å². The highest BCUT2D eigenvalue weighted by Gasteiger charge is 2.40. The van der Waals surface area contributed by atoms with Gasteiger partial charge in [-0.05, 0) is 44.9 Å². The van der Waals surface area contributed by atoms with Gasteiger partial charge in [0.2, 0.25) is 11.8 Å². The number of amides is 4. The fourth-order valence-electron chi connectivity index (χ4n) is 4.00. The first-order valence-corrected chi connectivity index (χ1v) is 10.5. The number of nitrogens with one attached hydrogen (secondary N) is 2. The van der Waals surface area contributed by atoms with Crippen molar-refractivity contribution in [1.29, 1.82) is 0 Å². The van der Waals surface area contributed by atoms with Gasteiger partial charge in [-0.2, -0.15) is 0 Å². The summed E-state index contributed by atoms with van der Waals surface area (Å²) >= 11 is 0. The van der Waals surface area contributed by atoms with Crippen molar-refractivity contribution < 1.29 is 28.7 Å². The van der Waals surface area contributed by atoms with Crippen LogP contribution in [0, 0.1) is 0 Å². The molecule has 0 spiro atoms. The zero-order valence-electron chi connectivity index (χ0n) is 17.9. The van der Waals surface area contributed by atoms with E-state index < -0.39 is 18.0 Å². The number of nitrogens with zero attached hydrogens (tertiary/aromatic N) is 1. The summed E-state index contributed by atoms with van der Waals surface area (Å²) in [5, 5.41) is 5.06. The number of fused-ring (bicyclic) bond motifs is 1. The number of hydrogen-bond acceptors (Lipinski definition) is 6. The number of rotatable bonds is 4. The van der Waals surface area contributed by atoms with E-state index in [1.54, 1.807) is 12.1 Å². The van der Waals surface area contributed by atoms with Crippen LogP contribution < -0.4 is 15.4 Å². The Bertz CT molecular complexity index is 932. The molecule has 1 saturated carbocycles. The van der Waals surface area contributed by atoms with Crippen molar-refractivity contribution in [2.45, 2.75) is 76.8 Å². The predicted molar refractivity (Wildman–Crippen MR) is 109 cm³/mol. The van der Waals surface area contributed by atoms with Gasteiger partial charge in [-0.25, -0.2) is 4.79 Å². The molecular formula is C22H27N3O6. The molecule has 2 N–H and O–H groups in total. The van der Waals surface area contributed by atoms with Gasteiger partial charge in [-0.3, -0.25) is 19.7 Å². The summed E-state index contributed by atoms with van der Waals surface area (Å²) in [6, 6.07) is 4.70. The maximum atomic E-state index is 12.9. The van der Waals surface area contributed by atoms with Crippen LogP contribution in [0.15, 0.2) is 18.2 Å². The third kappa shape index (κ3) is 4.65. The Morgan fingerprint density at radius 1 is 1.16 bits per heavy atom. The van der Waals surface area contributed by atoms with Gasteiger partial charge in [0.25, 0.3) is 5.91 Å². The van der Waals surface area contributed by atoms with E-state index in [1.165, 1.54) is 4.90 Å². The van der Waals surface area contributed by atoms with E-state index in [2.05, 4.69) is 10.6 Å². The van der Waals surface area contributed by atoms with Crippen molar-refractivity contribution >= 4 is 23.8 Å². The third-order valence-corrected chi connectivity index (χ3v) is 5.60. The highest BCUT2D eigenvalue weighted by atomic mass is 16.6. The van der Waals surface area contributed by atoms with Gasteiger partial charge < -0.3 is 19.7 Å². The summed E-state index contributed by atoms with van der Waals surface area (Å²) < 4.78 is 11.3. The van der Waals surface area contributed by atoms with E-state index in [1.807, 2.05) is 26.8 Å². The lowest BCUT2D eigenvalue weighted by atomic mass is 9.92. The summed E-state index contributed by atoms with van der Waals surface area (Å²) in [6.45, 7) is 6.00. The minimum Gasteiger partial charge on any atom is -0.490 e. The average molecular weight is 429 g/mol. The van der Waals surface area contributed by atoms with Gasteiger partial charge in [0, 0.05) is 36.9 Å². The zero-order valence-corrected chi connectivity index (χ0v) is 17.9. The molecule has 9 nitrogen and oxygen atoms in total. The SMILES string of the molecule is CC(C)(C)NC(=O)OC1CC(Oc2ccc3c(c2)C(=O)N(C2CCC(=O)NC2=O)C3)C1. The predicted octanol–water partition coefficient (Wildman–Crippen LogP) is 1.88. The lowest BCUT2D eigenvalue weighted by molar-refractivity contribution is -0.136. The molecule has 3 aliphatic rings. The highest BCUT2D eigenvalue weighted by Crippen LogP contribution is 2.33. The second kappa shape index (κ2) is 7.86. The smallest absolute Gasteiger partial charge is 0.407 e. The molecule has 1 unspecified atom stereocenters. The van der Waals surface area contributed by atoms with Crippen LogP contribution in [0.5, 0.6) is 5.75 Å². The first-order chi connectivity index (χ1) is 14.6. The fraction of sp³-hybridized carbons (Fsp3) is 0.545. The normalized spacial score (nSPS) is 25.5. The quantitative estimate of drug-likeness (QED) is 0.707. The van der Waals surface area contributed by atoms with Crippen molar-refractivity contribution in [2.75, 3.05) is 0 Å². The Kier molecular flexibility index (Phi) is 5.36. The monoisotopic (exact) mass is 429 g/mol. The molecule has 2 aliphatic heterocycles. The molecule has 9 heteroatoms. The van der Waals surface area contributed by atoms with Crippen LogP contribution in [0.3, 0.4) is 0 Å². The Labute approximate surface area is 180 Å². The topological polar surface area (TPSA) is 114 Å². The Balaban J connectivity index is 1.31. The molecular weight excluding hydrogens is 402 g/mol. The van der Waals surface area contributed by atoms with E-state index >= 15 is 0 Å². The average Bonchev–Trinajstić information content (AvgIpc) is 2.95. The van der Waals surface area contributed by atoms with Crippen molar-refractivity contribution in [3.05, 3.63) is 29.3 Å². The van der Waals surface area contributed by atoms with Gasteiger partial charge >= 0.3 is 6.09 Å². The van der Waals surface area contributed by atoms with Crippen molar-refractivity contribution in [3.63, 3.8) is 0 Å². The first kappa shape index (κ1) is 21.1. The second-order valence-corrected chi connectivity index (χ2v) is 9.33. The summed E-state index contributed by atoms with van der Waals surface area (Å²) in [6.07, 6.45) is 1.02. The molecule has 0 bridgehead atoms. The summed E-state index contributed by atoms with van der Waals surface area (Å²) in [4.78, 5) is 49.7. The van der Waals surface area contributed by atoms with E-state index in [9.17, 15) is 19.2 Å². The summed E-state index contributed by atoms with van der Waals surface area (Å²) in [5.74, 6) is -0.395. The molecule has 1 aromatic rings. The number of ether oxygens (including phenoxy) is 2. The lowest BCUT2D eigenvalue weighted by Crippen LogP contribution is -2.52. The van der Waals surface area contributed by atoms with Crippen LogP contribution in [0.4, 0.5) is 4.79 Å². The second-order valence-electron chi connectivity index (χ2n) is 9.33. The van der Waals surface area contributed by atoms with Crippen LogP contribution >= 0.6 is 0 Å². The molecule has 1 aliphatic carbocycles. The van der Waals surface area contributed by atoms with Crippen LogP contribution in [-0.4, -0.2) is 52.5 Å². The van der Waals surface area contributed by atoms with Gasteiger partial charge in [-0.15, -0.1) is 0 Å². The first-order valence-electron chi connectivity index (χ1n) is 10.5. The fourth-order valence-corrected chi connectivity index (χ4v) is 4.00. The molecule has 1 atom stereocenters. The third-order valence-electron chi connectivity index (χ3n) is 5.60.